The molecule has 0 aliphatic heterocycles. The van der Waals surface area contributed by atoms with E-state index < -0.39 is 0 Å². The van der Waals surface area contributed by atoms with Gasteiger partial charge >= 0.3 is 0 Å². The van der Waals surface area contributed by atoms with Crippen molar-refractivity contribution in [3.05, 3.63) is 82.2 Å². The summed E-state index contributed by atoms with van der Waals surface area (Å²) in [4.78, 5) is 3.31. The van der Waals surface area contributed by atoms with Gasteiger partial charge < -0.3 is 14.7 Å². The summed E-state index contributed by atoms with van der Waals surface area (Å²) >= 11 is 12.3. The normalized spacial score (nSPS) is 10.9. The molecule has 2 aromatic carbocycles. The highest BCUT2D eigenvalue weighted by Gasteiger charge is 2.09. The standard InChI is InChI=1S/C21H18Cl2N2O.ClH/c22-15-5-7-19(23)18(11-15)21-8-6-16(26-21)13-24-10-9-14-12-25-20-4-2-1-3-17(14)20;/h1-8,11-12,24-25H,9-10,13H2;1H. The second-order valence-corrected chi connectivity index (χ2v) is 7.02. The lowest BCUT2D eigenvalue weighted by Crippen LogP contribution is -2.16. The minimum absolute atomic E-state index is 0. The van der Waals surface area contributed by atoms with Crippen LogP contribution in [-0.2, 0) is 13.0 Å². The van der Waals surface area contributed by atoms with Gasteiger partial charge in [-0.05, 0) is 54.9 Å². The zero-order chi connectivity index (χ0) is 17.9. The molecule has 0 atom stereocenters. The van der Waals surface area contributed by atoms with Crippen molar-refractivity contribution < 1.29 is 4.42 Å². The summed E-state index contributed by atoms with van der Waals surface area (Å²) in [5.41, 5.74) is 3.31. The summed E-state index contributed by atoms with van der Waals surface area (Å²) in [6.45, 7) is 1.54. The molecule has 2 heterocycles. The molecule has 0 amide bonds. The summed E-state index contributed by atoms with van der Waals surface area (Å²) in [5.74, 6) is 1.60. The van der Waals surface area contributed by atoms with Crippen LogP contribution in [0.2, 0.25) is 10.0 Å². The number of rotatable bonds is 6. The summed E-state index contributed by atoms with van der Waals surface area (Å²) < 4.78 is 5.90. The fourth-order valence-corrected chi connectivity index (χ4v) is 3.46. The monoisotopic (exact) mass is 420 g/mol. The number of para-hydroxylation sites is 1. The van der Waals surface area contributed by atoms with Gasteiger partial charge in [0.15, 0.2) is 0 Å². The quantitative estimate of drug-likeness (QED) is 0.349. The van der Waals surface area contributed by atoms with E-state index in [-0.39, 0.29) is 12.4 Å². The average Bonchev–Trinajstić information content (AvgIpc) is 3.28. The third kappa shape index (κ3) is 4.50. The molecule has 2 aromatic heterocycles. The van der Waals surface area contributed by atoms with Crippen LogP contribution in [0.25, 0.3) is 22.2 Å². The van der Waals surface area contributed by atoms with Gasteiger partial charge in [0.05, 0.1) is 11.6 Å². The molecule has 0 aliphatic carbocycles. The second-order valence-electron chi connectivity index (χ2n) is 6.18. The average molecular weight is 422 g/mol. The second kappa shape index (κ2) is 8.85. The van der Waals surface area contributed by atoms with Crippen molar-refractivity contribution >= 4 is 46.5 Å². The van der Waals surface area contributed by atoms with E-state index in [0.29, 0.717) is 16.6 Å². The van der Waals surface area contributed by atoms with Crippen molar-refractivity contribution in [1.29, 1.82) is 0 Å². The number of H-pyrrole nitrogens is 1. The molecule has 0 unspecified atom stereocenters. The molecule has 4 rings (SSSR count). The Kier molecular flexibility index (Phi) is 6.51. The Bertz CT molecular complexity index is 1040. The van der Waals surface area contributed by atoms with Crippen molar-refractivity contribution in [2.45, 2.75) is 13.0 Å². The molecule has 3 nitrogen and oxygen atoms in total. The molecule has 0 saturated carbocycles. The molecular weight excluding hydrogens is 403 g/mol. The number of benzene rings is 2. The Morgan fingerprint density at radius 2 is 1.85 bits per heavy atom. The zero-order valence-corrected chi connectivity index (χ0v) is 16.8. The number of nitrogens with one attached hydrogen (secondary N) is 2. The predicted octanol–water partition coefficient (Wildman–Crippen LogP) is 6.49. The molecule has 2 N–H and O–H groups in total. The maximum atomic E-state index is 6.23. The van der Waals surface area contributed by atoms with E-state index in [2.05, 4.69) is 34.7 Å². The molecule has 4 aromatic rings. The third-order valence-electron chi connectivity index (χ3n) is 4.40. The number of aromatic nitrogens is 1. The first kappa shape index (κ1) is 19.8. The van der Waals surface area contributed by atoms with Gasteiger partial charge in [-0.3, -0.25) is 0 Å². The number of hydrogen-bond acceptors (Lipinski definition) is 2. The SMILES string of the molecule is Cl.Clc1ccc(Cl)c(-c2ccc(CNCCc3c[nH]c4ccccc34)o2)c1. The van der Waals surface area contributed by atoms with Gasteiger partial charge in [0.1, 0.15) is 11.5 Å². The molecular formula is C21H19Cl3N2O. The van der Waals surface area contributed by atoms with Gasteiger partial charge in [0.2, 0.25) is 0 Å². The lowest BCUT2D eigenvalue weighted by Gasteiger charge is -2.04. The Balaban J connectivity index is 0.00000210. The van der Waals surface area contributed by atoms with Gasteiger partial charge in [0.25, 0.3) is 0 Å². The maximum Gasteiger partial charge on any atom is 0.135 e. The highest BCUT2D eigenvalue weighted by Crippen LogP contribution is 2.31. The van der Waals surface area contributed by atoms with E-state index in [1.165, 1.54) is 16.5 Å². The highest BCUT2D eigenvalue weighted by molar-refractivity contribution is 6.35. The van der Waals surface area contributed by atoms with E-state index in [1.54, 1.807) is 12.1 Å². The number of furan rings is 1. The Labute approximate surface area is 174 Å². The Morgan fingerprint density at radius 3 is 2.74 bits per heavy atom. The first-order chi connectivity index (χ1) is 12.7. The van der Waals surface area contributed by atoms with Gasteiger partial charge in [0, 0.05) is 27.7 Å². The molecule has 0 saturated heterocycles. The van der Waals surface area contributed by atoms with Crippen LogP contribution in [0.4, 0.5) is 0 Å². The van der Waals surface area contributed by atoms with Crippen molar-refractivity contribution in [3.8, 4) is 11.3 Å². The molecule has 140 valence electrons. The van der Waals surface area contributed by atoms with Gasteiger partial charge in [-0.15, -0.1) is 12.4 Å². The van der Waals surface area contributed by atoms with Gasteiger partial charge in [-0.1, -0.05) is 41.4 Å². The highest BCUT2D eigenvalue weighted by atomic mass is 35.5. The summed E-state index contributed by atoms with van der Waals surface area (Å²) in [6, 6.07) is 17.6. The van der Waals surface area contributed by atoms with E-state index >= 15 is 0 Å². The number of halogens is 3. The fraction of sp³-hybridized carbons (Fsp3) is 0.143. The maximum absolute atomic E-state index is 6.23. The molecule has 0 spiro atoms. The third-order valence-corrected chi connectivity index (χ3v) is 4.97. The van der Waals surface area contributed by atoms with Crippen molar-refractivity contribution in [2.75, 3.05) is 6.54 Å². The zero-order valence-electron chi connectivity index (χ0n) is 14.5. The van der Waals surface area contributed by atoms with Crippen molar-refractivity contribution in [3.63, 3.8) is 0 Å². The van der Waals surface area contributed by atoms with Crippen LogP contribution < -0.4 is 5.32 Å². The van der Waals surface area contributed by atoms with Crippen LogP contribution in [0.5, 0.6) is 0 Å². The first-order valence-corrected chi connectivity index (χ1v) is 9.26. The van der Waals surface area contributed by atoms with Crippen LogP contribution in [0.3, 0.4) is 0 Å². The number of fused-ring (bicyclic) bond motifs is 1. The molecule has 0 aliphatic rings. The van der Waals surface area contributed by atoms with Crippen LogP contribution in [0.1, 0.15) is 11.3 Å². The van der Waals surface area contributed by atoms with Gasteiger partial charge in [-0.25, -0.2) is 0 Å². The van der Waals surface area contributed by atoms with E-state index in [1.807, 2.05) is 24.3 Å². The van der Waals surface area contributed by atoms with Gasteiger partial charge in [-0.2, -0.15) is 0 Å². The number of hydrogen-bond donors (Lipinski definition) is 2. The molecule has 0 bridgehead atoms. The Morgan fingerprint density at radius 1 is 1.00 bits per heavy atom. The smallest absolute Gasteiger partial charge is 0.135 e. The van der Waals surface area contributed by atoms with Crippen molar-refractivity contribution in [2.24, 2.45) is 0 Å². The van der Waals surface area contributed by atoms with Crippen LogP contribution in [0.15, 0.2) is 65.2 Å². The van der Waals surface area contributed by atoms with Crippen molar-refractivity contribution in [1.82, 2.24) is 10.3 Å². The lowest BCUT2D eigenvalue weighted by molar-refractivity contribution is 0.495. The van der Waals surface area contributed by atoms with E-state index in [0.717, 1.165) is 30.0 Å². The molecule has 27 heavy (non-hydrogen) atoms. The minimum Gasteiger partial charge on any atom is -0.460 e. The Hall–Kier alpha value is -1.91. The topological polar surface area (TPSA) is 41.0 Å². The minimum atomic E-state index is 0. The van der Waals surface area contributed by atoms with Crippen LogP contribution in [-0.4, -0.2) is 11.5 Å². The largest absolute Gasteiger partial charge is 0.460 e. The van der Waals surface area contributed by atoms with Crippen LogP contribution >= 0.6 is 35.6 Å². The number of aromatic amines is 1. The van der Waals surface area contributed by atoms with Crippen LogP contribution in [0, 0.1) is 0 Å². The fourth-order valence-electron chi connectivity index (χ4n) is 3.08. The first-order valence-electron chi connectivity index (χ1n) is 8.50. The molecule has 0 radical (unpaired) electrons. The summed E-state index contributed by atoms with van der Waals surface area (Å²) in [7, 11) is 0. The predicted molar refractivity (Wildman–Crippen MR) is 115 cm³/mol. The lowest BCUT2D eigenvalue weighted by atomic mass is 10.1. The molecule has 0 fully saturated rings. The summed E-state index contributed by atoms with van der Waals surface area (Å²) in [6.07, 6.45) is 3.04. The van der Waals surface area contributed by atoms with E-state index in [9.17, 15) is 0 Å². The van der Waals surface area contributed by atoms with E-state index in [4.69, 9.17) is 27.6 Å². The molecule has 6 heteroatoms. The summed E-state index contributed by atoms with van der Waals surface area (Å²) in [5, 5.41) is 5.98.